The van der Waals surface area contributed by atoms with E-state index in [1.807, 2.05) is 38.1 Å². The number of nitrogens with one attached hydrogen (secondary N) is 2. The fraction of sp³-hybridized carbons (Fsp3) is 0.435. The smallest absolute Gasteiger partial charge is 0.274 e. The zero-order valence-corrected chi connectivity index (χ0v) is 17.5. The number of nitrogens with zero attached hydrogens (tertiary/aromatic N) is 2. The molecule has 0 bridgehead atoms. The molecule has 1 aliphatic carbocycles. The van der Waals surface area contributed by atoms with Crippen LogP contribution in [0.2, 0.25) is 0 Å². The number of amides is 1. The summed E-state index contributed by atoms with van der Waals surface area (Å²) in [4.78, 5) is 21.3. The SMILES string of the molecule is Cc1nc(NCCC2=CCCCC2)cc(C(=O)Nc2ccc(OC(C)C)cc2)n1. The van der Waals surface area contributed by atoms with Crippen LogP contribution < -0.4 is 15.4 Å². The summed E-state index contributed by atoms with van der Waals surface area (Å²) in [6, 6.07) is 9.02. The molecule has 0 saturated heterocycles. The summed E-state index contributed by atoms with van der Waals surface area (Å²) in [5.41, 5.74) is 2.55. The number of aryl methyl sites for hydroxylation is 1. The molecule has 0 radical (unpaired) electrons. The molecule has 0 spiro atoms. The van der Waals surface area contributed by atoms with Gasteiger partial charge in [-0.15, -0.1) is 0 Å². The van der Waals surface area contributed by atoms with Gasteiger partial charge in [0.15, 0.2) is 0 Å². The monoisotopic (exact) mass is 394 g/mol. The molecule has 0 fully saturated rings. The number of ether oxygens (including phenoxy) is 1. The summed E-state index contributed by atoms with van der Waals surface area (Å²) in [5, 5.41) is 6.21. The molecule has 29 heavy (non-hydrogen) atoms. The Morgan fingerprint density at radius 1 is 1.17 bits per heavy atom. The number of hydrogen-bond acceptors (Lipinski definition) is 5. The van der Waals surface area contributed by atoms with Gasteiger partial charge in [-0.3, -0.25) is 4.79 Å². The van der Waals surface area contributed by atoms with Gasteiger partial charge in [-0.1, -0.05) is 11.6 Å². The van der Waals surface area contributed by atoms with Crippen molar-refractivity contribution in [2.24, 2.45) is 0 Å². The molecular formula is C23H30N4O2. The molecule has 6 heteroatoms. The minimum Gasteiger partial charge on any atom is -0.491 e. The Labute approximate surface area is 172 Å². The number of rotatable bonds is 8. The first-order valence-corrected chi connectivity index (χ1v) is 10.3. The Bertz CT molecular complexity index is 860. The molecule has 0 saturated carbocycles. The average molecular weight is 395 g/mol. The first kappa shape index (κ1) is 20.8. The van der Waals surface area contributed by atoms with E-state index in [0.717, 1.165) is 18.7 Å². The van der Waals surface area contributed by atoms with E-state index >= 15 is 0 Å². The van der Waals surface area contributed by atoms with Crippen molar-refractivity contribution in [2.45, 2.75) is 59.0 Å². The fourth-order valence-electron chi connectivity index (χ4n) is 3.34. The lowest BCUT2D eigenvalue weighted by Gasteiger charge is -2.14. The highest BCUT2D eigenvalue weighted by Gasteiger charge is 2.12. The Hall–Kier alpha value is -2.89. The van der Waals surface area contributed by atoms with Crippen LogP contribution in [-0.2, 0) is 0 Å². The maximum atomic E-state index is 12.6. The van der Waals surface area contributed by atoms with Gasteiger partial charge in [0.05, 0.1) is 6.10 Å². The predicted molar refractivity (Wildman–Crippen MR) is 117 cm³/mol. The van der Waals surface area contributed by atoms with E-state index in [9.17, 15) is 4.79 Å². The van der Waals surface area contributed by atoms with Crippen LogP contribution in [0.25, 0.3) is 0 Å². The van der Waals surface area contributed by atoms with Crippen LogP contribution in [0.3, 0.4) is 0 Å². The zero-order valence-electron chi connectivity index (χ0n) is 17.5. The highest BCUT2D eigenvalue weighted by Crippen LogP contribution is 2.20. The van der Waals surface area contributed by atoms with Crippen molar-refractivity contribution in [2.75, 3.05) is 17.2 Å². The van der Waals surface area contributed by atoms with Crippen molar-refractivity contribution in [1.29, 1.82) is 0 Å². The predicted octanol–water partition coefficient (Wildman–Crippen LogP) is 5.13. The quantitative estimate of drug-likeness (QED) is 0.607. The van der Waals surface area contributed by atoms with Gasteiger partial charge in [-0.05, 0) is 77.1 Å². The number of benzene rings is 1. The maximum absolute atomic E-state index is 12.6. The van der Waals surface area contributed by atoms with Gasteiger partial charge in [0.1, 0.15) is 23.1 Å². The normalized spacial score (nSPS) is 13.7. The lowest BCUT2D eigenvalue weighted by Crippen LogP contribution is -2.16. The van der Waals surface area contributed by atoms with Crippen LogP contribution in [0.4, 0.5) is 11.5 Å². The molecule has 0 unspecified atom stereocenters. The number of aromatic nitrogens is 2. The van der Waals surface area contributed by atoms with Crippen molar-refractivity contribution in [3.8, 4) is 5.75 Å². The molecule has 0 atom stereocenters. The van der Waals surface area contributed by atoms with Crippen molar-refractivity contribution in [3.05, 3.63) is 53.5 Å². The number of anilines is 2. The van der Waals surface area contributed by atoms with Gasteiger partial charge in [-0.2, -0.15) is 0 Å². The van der Waals surface area contributed by atoms with Gasteiger partial charge in [0.25, 0.3) is 5.91 Å². The molecule has 1 heterocycles. The zero-order chi connectivity index (χ0) is 20.6. The molecule has 6 nitrogen and oxygen atoms in total. The number of hydrogen-bond donors (Lipinski definition) is 2. The number of allylic oxidation sites excluding steroid dienone is 1. The minimum absolute atomic E-state index is 0.111. The minimum atomic E-state index is -0.258. The van der Waals surface area contributed by atoms with Crippen LogP contribution in [0.15, 0.2) is 42.0 Å². The Kier molecular flexibility index (Phi) is 7.22. The second kappa shape index (κ2) is 10.0. The van der Waals surface area contributed by atoms with Crippen LogP contribution in [0.5, 0.6) is 5.75 Å². The molecule has 0 aliphatic heterocycles. The third kappa shape index (κ3) is 6.59. The van der Waals surface area contributed by atoms with E-state index in [0.29, 0.717) is 23.0 Å². The van der Waals surface area contributed by atoms with Gasteiger partial charge in [0.2, 0.25) is 0 Å². The molecule has 1 aromatic heterocycles. The summed E-state index contributed by atoms with van der Waals surface area (Å²) in [6.07, 6.45) is 8.44. The van der Waals surface area contributed by atoms with Crippen molar-refractivity contribution in [3.63, 3.8) is 0 Å². The molecular weight excluding hydrogens is 364 g/mol. The first-order chi connectivity index (χ1) is 14.0. The summed E-state index contributed by atoms with van der Waals surface area (Å²) >= 11 is 0. The van der Waals surface area contributed by atoms with Crippen LogP contribution in [0.1, 0.15) is 62.3 Å². The Morgan fingerprint density at radius 3 is 2.66 bits per heavy atom. The van der Waals surface area contributed by atoms with Crippen LogP contribution >= 0.6 is 0 Å². The van der Waals surface area contributed by atoms with Crippen molar-refractivity contribution >= 4 is 17.4 Å². The molecule has 1 amide bonds. The lowest BCUT2D eigenvalue weighted by molar-refractivity contribution is 0.102. The molecule has 154 valence electrons. The number of carbonyl (C=O) groups is 1. The largest absolute Gasteiger partial charge is 0.491 e. The van der Waals surface area contributed by atoms with Crippen molar-refractivity contribution in [1.82, 2.24) is 9.97 Å². The average Bonchev–Trinajstić information content (AvgIpc) is 2.69. The van der Waals surface area contributed by atoms with E-state index in [2.05, 4.69) is 26.7 Å². The second-order valence-corrected chi connectivity index (χ2v) is 7.62. The Morgan fingerprint density at radius 2 is 1.97 bits per heavy atom. The topological polar surface area (TPSA) is 76.1 Å². The van der Waals surface area contributed by atoms with Crippen LogP contribution in [0, 0.1) is 6.92 Å². The van der Waals surface area contributed by atoms with E-state index < -0.39 is 0 Å². The summed E-state index contributed by atoms with van der Waals surface area (Å²) < 4.78 is 5.63. The Balaban J connectivity index is 1.59. The van der Waals surface area contributed by atoms with Crippen LogP contribution in [-0.4, -0.2) is 28.5 Å². The third-order valence-electron chi connectivity index (χ3n) is 4.69. The highest BCUT2D eigenvalue weighted by molar-refractivity contribution is 6.03. The number of carbonyl (C=O) groups excluding carboxylic acids is 1. The van der Waals surface area contributed by atoms with Gasteiger partial charge in [0, 0.05) is 18.3 Å². The van der Waals surface area contributed by atoms with E-state index in [4.69, 9.17) is 4.74 Å². The van der Waals surface area contributed by atoms with Crippen molar-refractivity contribution < 1.29 is 9.53 Å². The molecule has 1 aromatic carbocycles. The first-order valence-electron chi connectivity index (χ1n) is 10.3. The molecule has 3 rings (SSSR count). The van der Waals surface area contributed by atoms with Gasteiger partial charge < -0.3 is 15.4 Å². The highest BCUT2D eigenvalue weighted by atomic mass is 16.5. The molecule has 1 aliphatic rings. The third-order valence-corrected chi connectivity index (χ3v) is 4.69. The van der Waals surface area contributed by atoms with Gasteiger partial charge >= 0.3 is 0 Å². The standard InChI is InChI=1S/C23H30N4O2/c1-16(2)29-20-11-9-19(10-12-20)27-23(28)21-15-22(26-17(3)25-21)24-14-13-18-7-5-4-6-8-18/h7,9-12,15-16H,4-6,8,13-14H2,1-3H3,(H,27,28)(H,24,25,26). The molecule has 2 aromatic rings. The van der Waals surface area contributed by atoms with E-state index in [1.54, 1.807) is 13.0 Å². The van der Waals surface area contributed by atoms with E-state index in [1.165, 1.54) is 31.3 Å². The summed E-state index contributed by atoms with van der Waals surface area (Å²) in [5.74, 6) is 1.76. The fourth-order valence-corrected chi connectivity index (χ4v) is 3.34. The molecule has 2 N–H and O–H groups in total. The second-order valence-electron chi connectivity index (χ2n) is 7.62. The van der Waals surface area contributed by atoms with Gasteiger partial charge in [-0.25, -0.2) is 9.97 Å². The maximum Gasteiger partial charge on any atom is 0.274 e. The summed E-state index contributed by atoms with van der Waals surface area (Å²) in [7, 11) is 0. The van der Waals surface area contributed by atoms with E-state index in [-0.39, 0.29) is 12.0 Å². The summed E-state index contributed by atoms with van der Waals surface area (Å²) in [6.45, 7) is 6.56. The lowest BCUT2D eigenvalue weighted by atomic mass is 9.97.